The summed E-state index contributed by atoms with van der Waals surface area (Å²) in [5.41, 5.74) is 4.04. The zero-order valence-corrected chi connectivity index (χ0v) is 17.8. The largest absolute Gasteiger partial charge is 0.497 e. The molecule has 31 heavy (non-hydrogen) atoms. The third kappa shape index (κ3) is 4.29. The number of ether oxygens (including phenoxy) is 3. The van der Waals surface area contributed by atoms with Crippen molar-refractivity contribution in [2.45, 2.75) is 13.2 Å². The van der Waals surface area contributed by atoms with Gasteiger partial charge in [0.15, 0.2) is 0 Å². The van der Waals surface area contributed by atoms with Gasteiger partial charge in [0.05, 0.1) is 17.7 Å². The maximum atomic E-state index is 5.86. The maximum absolute atomic E-state index is 5.86. The van der Waals surface area contributed by atoms with Crippen LogP contribution < -0.4 is 14.2 Å². The van der Waals surface area contributed by atoms with Gasteiger partial charge in [-0.2, -0.15) is 0 Å². The van der Waals surface area contributed by atoms with Crippen molar-refractivity contribution in [3.8, 4) is 28.5 Å². The van der Waals surface area contributed by atoms with Crippen LogP contribution in [0.4, 0.5) is 5.13 Å². The maximum Gasteiger partial charge on any atom is 0.210 e. The molecule has 0 saturated heterocycles. The smallest absolute Gasteiger partial charge is 0.210 e. The van der Waals surface area contributed by atoms with E-state index in [-0.39, 0.29) is 0 Å². The molecule has 5 nitrogen and oxygen atoms in total. The number of fused-ring (bicyclic) bond motifs is 3. The molecule has 0 saturated carbocycles. The van der Waals surface area contributed by atoms with Crippen molar-refractivity contribution in [3.63, 3.8) is 0 Å². The van der Waals surface area contributed by atoms with Crippen molar-refractivity contribution in [2.75, 3.05) is 7.11 Å². The first-order chi connectivity index (χ1) is 15.3. The van der Waals surface area contributed by atoms with Crippen LogP contribution >= 0.6 is 11.3 Å². The van der Waals surface area contributed by atoms with Crippen LogP contribution in [0.25, 0.3) is 11.3 Å². The van der Waals surface area contributed by atoms with E-state index in [0.717, 1.165) is 44.5 Å². The Morgan fingerprint density at radius 3 is 2.65 bits per heavy atom. The molecule has 0 radical (unpaired) electrons. The Kier molecular flexibility index (Phi) is 5.37. The highest BCUT2D eigenvalue weighted by atomic mass is 32.1. The molecule has 1 aliphatic rings. The quantitative estimate of drug-likeness (QED) is 0.351. The predicted molar refractivity (Wildman–Crippen MR) is 123 cm³/mol. The van der Waals surface area contributed by atoms with Gasteiger partial charge < -0.3 is 14.2 Å². The van der Waals surface area contributed by atoms with E-state index in [2.05, 4.69) is 17.1 Å². The molecular weight excluding hydrogens is 408 g/mol. The normalized spacial score (nSPS) is 12.2. The summed E-state index contributed by atoms with van der Waals surface area (Å²) in [5.74, 6) is 2.39. The van der Waals surface area contributed by atoms with Gasteiger partial charge in [0, 0.05) is 17.8 Å². The number of hydrogen-bond donors (Lipinski definition) is 0. The molecule has 0 aliphatic carbocycles. The van der Waals surface area contributed by atoms with E-state index in [0.29, 0.717) is 18.3 Å². The minimum absolute atomic E-state index is 0.496. The topological polar surface area (TPSA) is 52.9 Å². The molecule has 0 bridgehead atoms. The van der Waals surface area contributed by atoms with Crippen molar-refractivity contribution in [2.24, 2.45) is 4.99 Å². The van der Waals surface area contributed by atoms with E-state index in [1.54, 1.807) is 18.4 Å². The van der Waals surface area contributed by atoms with Gasteiger partial charge in [-0.25, -0.2) is 9.98 Å². The highest BCUT2D eigenvalue weighted by Gasteiger charge is 2.22. The van der Waals surface area contributed by atoms with Gasteiger partial charge in [-0.1, -0.05) is 41.7 Å². The Balaban J connectivity index is 1.27. The van der Waals surface area contributed by atoms with Crippen LogP contribution in [0.15, 0.2) is 77.8 Å². The third-order valence-electron chi connectivity index (χ3n) is 4.94. The molecule has 0 amide bonds. The fourth-order valence-corrected chi connectivity index (χ4v) is 4.14. The Morgan fingerprint density at radius 2 is 1.84 bits per heavy atom. The van der Waals surface area contributed by atoms with E-state index >= 15 is 0 Å². The number of methoxy groups -OCH3 is 1. The van der Waals surface area contributed by atoms with Crippen LogP contribution in [0.5, 0.6) is 17.2 Å². The van der Waals surface area contributed by atoms with Crippen molar-refractivity contribution < 1.29 is 14.2 Å². The summed E-state index contributed by atoms with van der Waals surface area (Å²) in [4.78, 5) is 10.4. The molecule has 4 aromatic rings. The summed E-state index contributed by atoms with van der Waals surface area (Å²) in [6, 6.07) is 23.8. The van der Waals surface area contributed by atoms with Gasteiger partial charge in [0.1, 0.15) is 30.5 Å². The van der Waals surface area contributed by atoms with E-state index in [9.17, 15) is 0 Å². The second-order valence-corrected chi connectivity index (χ2v) is 8.08. The second-order valence-electron chi connectivity index (χ2n) is 7.02. The second kappa shape index (κ2) is 8.62. The summed E-state index contributed by atoms with van der Waals surface area (Å²) in [6.07, 6.45) is 1.82. The Morgan fingerprint density at radius 1 is 1.03 bits per heavy atom. The van der Waals surface area contributed by atoms with Gasteiger partial charge in [-0.3, -0.25) is 0 Å². The monoisotopic (exact) mass is 428 g/mol. The van der Waals surface area contributed by atoms with Crippen molar-refractivity contribution in [1.82, 2.24) is 4.98 Å². The number of thiazole rings is 1. The van der Waals surface area contributed by atoms with Crippen LogP contribution in [-0.4, -0.2) is 18.3 Å². The molecule has 0 spiro atoms. The number of aromatic nitrogens is 1. The molecule has 0 fully saturated rings. The lowest BCUT2D eigenvalue weighted by molar-refractivity contribution is 0.303. The fourth-order valence-electron chi connectivity index (χ4n) is 3.31. The molecule has 6 heteroatoms. The van der Waals surface area contributed by atoms with Crippen LogP contribution in [0.2, 0.25) is 0 Å². The molecular formula is C25H20N2O3S. The lowest BCUT2D eigenvalue weighted by atomic mass is 10.1. The lowest BCUT2D eigenvalue weighted by Crippen LogP contribution is -2.03. The average molecular weight is 429 g/mol. The highest BCUT2D eigenvalue weighted by molar-refractivity contribution is 7.15. The van der Waals surface area contributed by atoms with Crippen LogP contribution in [0, 0.1) is 0 Å². The fraction of sp³-hybridized carbons (Fsp3) is 0.120. The molecule has 0 atom stereocenters. The predicted octanol–water partition coefficient (Wildman–Crippen LogP) is 6.04. The van der Waals surface area contributed by atoms with Gasteiger partial charge in [0.2, 0.25) is 5.13 Å². The van der Waals surface area contributed by atoms with Crippen molar-refractivity contribution in [1.29, 1.82) is 0 Å². The summed E-state index contributed by atoms with van der Waals surface area (Å²) >= 11 is 1.55. The number of nitrogens with zero attached hydrogens (tertiary/aromatic N) is 2. The molecule has 3 aromatic carbocycles. The summed E-state index contributed by atoms with van der Waals surface area (Å²) < 4.78 is 17.0. The van der Waals surface area contributed by atoms with Gasteiger partial charge in [-0.05, 0) is 47.5 Å². The molecule has 1 aliphatic heterocycles. The molecule has 0 unspecified atom stereocenters. The molecule has 5 rings (SSSR count). The average Bonchev–Trinajstić information content (AvgIpc) is 3.26. The first-order valence-corrected chi connectivity index (χ1v) is 10.7. The van der Waals surface area contributed by atoms with Crippen LogP contribution in [0.1, 0.15) is 16.0 Å². The molecule has 1 aromatic heterocycles. The number of hydrogen-bond acceptors (Lipinski definition) is 6. The molecule has 2 heterocycles. The Labute approximate surface area is 184 Å². The molecule has 0 N–H and O–H groups in total. The minimum atomic E-state index is 0.496. The first kappa shape index (κ1) is 19.3. The van der Waals surface area contributed by atoms with E-state index < -0.39 is 0 Å². The lowest BCUT2D eigenvalue weighted by Gasteiger charge is -2.16. The first-order valence-electron chi connectivity index (χ1n) is 9.90. The van der Waals surface area contributed by atoms with Crippen molar-refractivity contribution >= 4 is 22.7 Å². The summed E-state index contributed by atoms with van der Waals surface area (Å²) in [5, 5.41) is 0.710. The van der Waals surface area contributed by atoms with Gasteiger partial charge in [0.25, 0.3) is 0 Å². The van der Waals surface area contributed by atoms with E-state index in [4.69, 9.17) is 19.2 Å². The van der Waals surface area contributed by atoms with Gasteiger partial charge in [-0.15, -0.1) is 0 Å². The van der Waals surface area contributed by atoms with Gasteiger partial charge >= 0.3 is 0 Å². The highest BCUT2D eigenvalue weighted by Crippen LogP contribution is 2.43. The van der Waals surface area contributed by atoms with E-state index in [1.165, 1.54) is 0 Å². The van der Waals surface area contributed by atoms with Crippen LogP contribution in [-0.2, 0) is 13.2 Å². The zero-order chi connectivity index (χ0) is 21.0. The minimum Gasteiger partial charge on any atom is -0.497 e. The standard InChI is InChI=1S/C25H20N2O3S/c1-28-20-11-12-21-22(13-20)30-16-23-24(21)27-25(31-23)26-14-17-7-9-19(10-8-17)29-15-18-5-3-2-4-6-18/h2-14H,15-16H2,1H3. The third-order valence-corrected chi connectivity index (χ3v) is 5.88. The van der Waals surface area contributed by atoms with Crippen molar-refractivity contribution in [3.05, 3.63) is 88.8 Å². The number of benzene rings is 3. The zero-order valence-electron chi connectivity index (χ0n) is 16.9. The van der Waals surface area contributed by atoms with Crippen LogP contribution in [0.3, 0.4) is 0 Å². The summed E-state index contributed by atoms with van der Waals surface area (Å²) in [6.45, 7) is 1.05. The Hall–Kier alpha value is -3.64. The summed E-state index contributed by atoms with van der Waals surface area (Å²) in [7, 11) is 1.65. The Bertz CT molecular complexity index is 1220. The van der Waals surface area contributed by atoms with E-state index in [1.807, 2.05) is 66.9 Å². The SMILES string of the molecule is COc1ccc2c(c1)OCc1sc(N=Cc3ccc(OCc4ccccc4)cc3)nc1-2. The number of aliphatic imine (C=N–C) groups is 1. The molecule has 154 valence electrons. The number of rotatable bonds is 6.